The molecule has 0 aliphatic rings. The monoisotopic (exact) mass is 341 g/mol. The number of carbonyl (C=O) groups is 1. The number of nitro groups is 1. The van der Waals surface area contributed by atoms with Crippen LogP contribution >= 0.6 is 0 Å². The predicted molar refractivity (Wildman–Crippen MR) is 87.1 cm³/mol. The van der Waals surface area contributed by atoms with Crippen LogP contribution in [0.3, 0.4) is 0 Å². The normalized spacial score (nSPS) is 10.5. The first-order valence-electron chi connectivity index (χ1n) is 7.18. The Morgan fingerprint density at radius 1 is 1.28 bits per heavy atom. The molecule has 0 radical (unpaired) electrons. The van der Waals surface area contributed by atoms with Gasteiger partial charge in [0.25, 0.3) is 11.6 Å². The molecule has 0 saturated heterocycles. The molecule has 9 heteroatoms. The summed E-state index contributed by atoms with van der Waals surface area (Å²) in [5.41, 5.74) is 0.281. The minimum atomic E-state index is -0.774. The molecule has 0 aliphatic heterocycles. The van der Waals surface area contributed by atoms with Gasteiger partial charge in [0, 0.05) is 11.8 Å². The zero-order valence-corrected chi connectivity index (χ0v) is 13.0. The molecule has 1 amide bonds. The van der Waals surface area contributed by atoms with Crippen molar-refractivity contribution in [2.24, 2.45) is 0 Å². The van der Waals surface area contributed by atoms with Crippen molar-refractivity contribution in [3.63, 3.8) is 0 Å². The van der Waals surface area contributed by atoms with Crippen molar-refractivity contribution >= 4 is 17.3 Å². The Balaban J connectivity index is 1.91. The van der Waals surface area contributed by atoms with Crippen LogP contribution in [0.25, 0.3) is 5.69 Å². The first-order chi connectivity index (χ1) is 12.0. The molecule has 0 spiro atoms. The molecule has 25 heavy (non-hydrogen) atoms. The van der Waals surface area contributed by atoms with Crippen LogP contribution in [0.5, 0.6) is 0 Å². The Kier molecular flexibility index (Phi) is 4.21. The van der Waals surface area contributed by atoms with Crippen LogP contribution in [-0.2, 0) is 0 Å². The van der Waals surface area contributed by atoms with Crippen molar-refractivity contribution in [2.45, 2.75) is 6.92 Å². The van der Waals surface area contributed by atoms with Gasteiger partial charge in [0.15, 0.2) is 0 Å². The largest absolute Gasteiger partial charge is 0.322 e. The van der Waals surface area contributed by atoms with E-state index in [2.05, 4.69) is 15.5 Å². The standard InChI is InChI=1S/C16H12FN5O3/c1-10-20-18-9-21(10)13-4-2-3-12(8-13)19-16(23)14-7-11(17)5-6-15(14)22(24)25/h2-9H,1H3,(H,19,23). The number of nitro benzene ring substituents is 1. The van der Waals surface area contributed by atoms with Crippen LogP contribution in [0.15, 0.2) is 48.8 Å². The molecule has 0 atom stereocenters. The lowest BCUT2D eigenvalue weighted by atomic mass is 10.1. The van der Waals surface area contributed by atoms with E-state index in [1.165, 1.54) is 6.33 Å². The molecule has 0 aliphatic carbocycles. The van der Waals surface area contributed by atoms with Gasteiger partial charge in [-0.2, -0.15) is 0 Å². The third kappa shape index (κ3) is 3.34. The van der Waals surface area contributed by atoms with Crippen LogP contribution in [0.1, 0.15) is 16.2 Å². The molecule has 0 fully saturated rings. The summed E-state index contributed by atoms with van der Waals surface area (Å²) in [6, 6.07) is 9.49. The summed E-state index contributed by atoms with van der Waals surface area (Å²) in [6.45, 7) is 1.77. The number of hydrogen-bond acceptors (Lipinski definition) is 5. The van der Waals surface area contributed by atoms with Crippen molar-refractivity contribution in [3.8, 4) is 5.69 Å². The van der Waals surface area contributed by atoms with Crippen LogP contribution in [-0.4, -0.2) is 25.6 Å². The number of aromatic nitrogens is 3. The van der Waals surface area contributed by atoms with Gasteiger partial charge in [-0.3, -0.25) is 19.5 Å². The van der Waals surface area contributed by atoms with E-state index >= 15 is 0 Å². The number of nitrogens with one attached hydrogen (secondary N) is 1. The van der Waals surface area contributed by atoms with Crippen molar-refractivity contribution in [3.05, 3.63) is 76.1 Å². The molecule has 8 nitrogen and oxygen atoms in total. The quantitative estimate of drug-likeness (QED) is 0.580. The van der Waals surface area contributed by atoms with Crippen molar-refractivity contribution < 1.29 is 14.1 Å². The Labute approximate surface area is 141 Å². The molecule has 1 N–H and O–H groups in total. The minimum Gasteiger partial charge on any atom is -0.322 e. The minimum absolute atomic E-state index is 0.351. The molecule has 0 bridgehead atoms. The number of nitrogens with zero attached hydrogens (tertiary/aromatic N) is 4. The topological polar surface area (TPSA) is 103 Å². The Morgan fingerprint density at radius 3 is 2.76 bits per heavy atom. The van der Waals surface area contributed by atoms with E-state index in [0.29, 0.717) is 17.2 Å². The smallest absolute Gasteiger partial charge is 0.282 e. The fourth-order valence-corrected chi connectivity index (χ4v) is 2.33. The lowest BCUT2D eigenvalue weighted by molar-refractivity contribution is -0.385. The second-order valence-electron chi connectivity index (χ2n) is 5.17. The Morgan fingerprint density at radius 2 is 2.08 bits per heavy atom. The highest BCUT2D eigenvalue weighted by molar-refractivity contribution is 6.07. The number of aryl methyl sites for hydroxylation is 1. The number of amides is 1. The highest BCUT2D eigenvalue weighted by Crippen LogP contribution is 2.22. The molecule has 0 saturated carbocycles. The van der Waals surface area contributed by atoms with E-state index in [-0.39, 0.29) is 5.56 Å². The van der Waals surface area contributed by atoms with Crippen molar-refractivity contribution in [2.75, 3.05) is 5.32 Å². The van der Waals surface area contributed by atoms with E-state index < -0.39 is 22.3 Å². The summed E-state index contributed by atoms with van der Waals surface area (Å²) >= 11 is 0. The van der Waals surface area contributed by atoms with Crippen molar-refractivity contribution in [1.29, 1.82) is 0 Å². The SMILES string of the molecule is Cc1nncn1-c1cccc(NC(=O)c2cc(F)ccc2[N+](=O)[O-])c1. The third-order valence-corrected chi connectivity index (χ3v) is 3.50. The number of rotatable bonds is 4. The van der Waals surface area contributed by atoms with Gasteiger partial charge in [0.05, 0.1) is 10.6 Å². The summed E-state index contributed by atoms with van der Waals surface area (Å²) in [7, 11) is 0. The zero-order chi connectivity index (χ0) is 18.0. The zero-order valence-electron chi connectivity index (χ0n) is 13.0. The summed E-state index contributed by atoms with van der Waals surface area (Å²) in [6.07, 6.45) is 1.52. The van der Waals surface area contributed by atoms with Gasteiger partial charge in [-0.05, 0) is 37.3 Å². The molecule has 3 aromatic rings. The van der Waals surface area contributed by atoms with Gasteiger partial charge in [0.1, 0.15) is 23.5 Å². The Hall–Kier alpha value is -3.62. The van der Waals surface area contributed by atoms with Gasteiger partial charge in [-0.15, -0.1) is 10.2 Å². The molecule has 0 unspecified atom stereocenters. The van der Waals surface area contributed by atoms with E-state index in [0.717, 1.165) is 18.2 Å². The summed E-state index contributed by atoms with van der Waals surface area (Å²) < 4.78 is 15.1. The number of carbonyl (C=O) groups excluding carboxylic acids is 1. The van der Waals surface area contributed by atoms with Crippen LogP contribution < -0.4 is 5.32 Å². The fraction of sp³-hybridized carbons (Fsp3) is 0.0625. The second kappa shape index (κ2) is 6.48. The van der Waals surface area contributed by atoms with Gasteiger partial charge < -0.3 is 5.32 Å². The molecular weight excluding hydrogens is 329 g/mol. The first-order valence-corrected chi connectivity index (χ1v) is 7.18. The maximum absolute atomic E-state index is 13.4. The average Bonchev–Trinajstić information content (AvgIpc) is 3.00. The number of anilines is 1. The number of halogens is 1. The average molecular weight is 341 g/mol. The molecule has 1 heterocycles. The van der Waals surface area contributed by atoms with Gasteiger partial charge >= 0.3 is 0 Å². The summed E-state index contributed by atoms with van der Waals surface area (Å²) in [5.74, 6) is -0.849. The molecular formula is C16H12FN5O3. The van der Waals surface area contributed by atoms with Crippen molar-refractivity contribution in [1.82, 2.24) is 14.8 Å². The molecule has 1 aromatic heterocycles. The highest BCUT2D eigenvalue weighted by Gasteiger charge is 2.21. The predicted octanol–water partition coefficient (Wildman–Crippen LogP) is 2.88. The maximum Gasteiger partial charge on any atom is 0.282 e. The summed E-state index contributed by atoms with van der Waals surface area (Å²) in [5, 5.41) is 21.2. The van der Waals surface area contributed by atoms with E-state index in [1.54, 1.807) is 35.8 Å². The highest BCUT2D eigenvalue weighted by atomic mass is 19.1. The van der Waals surface area contributed by atoms with Crippen LogP contribution in [0.2, 0.25) is 0 Å². The lowest BCUT2D eigenvalue weighted by Gasteiger charge is -2.09. The molecule has 126 valence electrons. The van der Waals surface area contributed by atoms with E-state index in [4.69, 9.17) is 0 Å². The summed E-state index contributed by atoms with van der Waals surface area (Å²) in [4.78, 5) is 22.6. The van der Waals surface area contributed by atoms with Gasteiger partial charge in [-0.1, -0.05) is 6.07 Å². The number of benzene rings is 2. The number of hydrogen-bond donors (Lipinski definition) is 1. The molecule has 2 aromatic carbocycles. The maximum atomic E-state index is 13.4. The van der Waals surface area contributed by atoms with E-state index in [1.807, 2.05) is 0 Å². The van der Waals surface area contributed by atoms with Gasteiger partial charge in [-0.25, -0.2) is 4.39 Å². The third-order valence-electron chi connectivity index (χ3n) is 3.50. The second-order valence-corrected chi connectivity index (χ2v) is 5.17. The first kappa shape index (κ1) is 16.2. The van der Waals surface area contributed by atoms with Crippen LogP contribution in [0, 0.1) is 22.9 Å². The lowest BCUT2D eigenvalue weighted by Crippen LogP contribution is -2.14. The van der Waals surface area contributed by atoms with Gasteiger partial charge in [0.2, 0.25) is 0 Å². The van der Waals surface area contributed by atoms with E-state index in [9.17, 15) is 19.3 Å². The molecule has 3 rings (SSSR count). The fourth-order valence-electron chi connectivity index (χ4n) is 2.33. The Bertz CT molecular complexity index is 970. The van der Waals surface area contributed by atoms with Crippen LogP contribution in [0.4, 0.5) is 15.8 Å².